The summed E-state index contributed by atoms with van der Waals surface area (Å²) >= 11 is 0. The summed E-state index contributed by atoms with van der Waals surface area (Å²) < 4.78 is 36.7. The van der Waals surface area contributed by atoms with Crippen LogP contribution in [0.4, 0.5) is 0 Å². The van der Waals surface area contributed by atoms with E-state index in [0.717, 1.165) is 5.56 Å². The second kappa shape index (κ2) is 6.88. The minimum Gasteiger partial charge on any atom is -0.496 e. The predicted octanol–water partition coefficient (Wildman–Crippen LogP) is 1.74. The first-order valence-electron chi connectivity index (χ1n) is 6.09. The first-order valence-corrected chi connectivity index (χ1v) is 7.57. The van der Waals surface area contributed by atoms with Crippen molar-refractivity contribution in [1.29, 1.82) is 0 Å². The highest BCUT2D eigenvalue weighted by atomic mass is 32.2. The van der Waals surface area contributed by atoms with Gasteiger partial charge in [0.05, 0.1) is 18.6 Å². The van der Waals surface area contributed by atoms with Gasteiger partial charge in [-0.15, -0.1) is 0 Å². The molecule has 6 heteroatoms. The molecule has 0 heterocycles. The van der Waals surface area contributed by atoms with Crippen molar-refractivity contribution in [2.45, 2.75) is 24.7 Å². The van der Waals surface area contributed by atoms with Gasteiger partial charge in [0.25, 0.3) is 0 Å². The van der Waals surface area contributed by atoms with Crippen molar-refractivity contribution < 1.29 is 17.9 Å². The number of hydrogen-bond donors (Lipinski definition) is 1. The summed E-state index contributed by atoms with van der Waals surface area (Å²) in [5.74, 6) is 0.884. The lowest BCUT2D eigenvalue weighted by Gasteiger charge is -2.14. The molecule has 0 amide bonds. The van der Waals surface area contributed by atoms with Gasteiger partial charge in [-0.1, -0.05) is 13.8 Å². The van der Waals surface area contributed by atoms with Gasteiger partial charge in [-0.05, 0) is 29.7 Å². The molecule has 0 aliphatic heterocycles. The van der Waals surface area contributed by atoms with E-state index in [1.165, 1.54) is 7.11 Å². The number of hydrogen-bond acceptors (Lipinski definition) is 4. The molecule has 0 saturated heterocycles. The molecule has 108 valence electrons. The van der Waals surface area contributed by atoms with Gasteiger partial charge < -0.3 is 9.47 Å². The van der Waals surface area contributed by atoms with Crippen molar-refractivity contribution in [3.63, 3.8) is 0 Å². The molecule has 0 spiro atoms. The fourth-order valence-corrected chi connectivity index (χ4v) is 2.74. The van der Waals surface area contributed by atoms with E-state index >= 15 is 0 Å². The normalized spacial score (nSPS) is 11.8. The third kappa shape index (κ3) is 4.19. The Balaban J connectivity index is 3.04. The number of rotatable bonds is 7. The summed E-state index contributed by atoms with van der Waals surface area (Å²) in [6.45, 7) is 4.58. The van der Waals surface area contributed by atoms with Gasteiger partial charge in [-0.2, -0.15) is 0 Å². The molecule has 0 aliphatic carbocycles. The maximum atomic E-state index is 12.1. The fourth-order valence-electron chi connectivity index (χ4n) is 1.69. The van der Waals surface area contributed by atoms with Crippen LogP contribution in [0.3, 0.4) is 0 Å². The molecule has 0 atom stereocenters. The second-order valence-corrected chi connectivity index (χ2v) is 6.22. The molecule has 0 radical (unpaired) electrons. The Morgan fingerprint density at radius 3 is 2.47 bits per heavy atom. The quantitative estimate of drug-likeness (QED) is 0.776. The van der Waals surface area contributed by atoms with Crippen LogP contribution in [0.15, 0.2) is 23.1 Å². The molecular formula is C13H21NO4S. The summed E-state index contributed by atoms with van der Waals surface area (Å²) in [7, 11) is -0.397. The van der Waals surface area contributed by atoms with Crippen LogP contribution in [0.5, 0.6) is 5.75 Å². The van der Waals surface area contributed by atoms with E-state index < -0.39 is 10.0 Å². The molecule has 0 bridgehead atoms. The average Bonchev–Trinajstić information content (AvgIpc) is 2.38. The van der Waals surface area contributed by atoms with E-state index in [2.05, 4.69) is 4.72 Å². The molecule has 0 aliphatic rings. The van der Waals surface area contributed by atoms with Gasteiger partial charge >= 0.3 is 0 Å². The molecule has 1 aromatic rings. The van der Waals surface area contributed by atoms with Crippen LogP contribution in [0, 0.1) is 0 Å². The van der Waals surface area contributed by atoms with Gasteiger partial charge in [0.1, 0.15) is 5.75 Å². The Morgan fingerprint density at radius 1 is 1.26 bits per heavy atom. The number of ether oxygens (including phenoxy) is 2. The number of nitrogens with one attached hydrogen (secondary N) is 1. The number of methoxy groups -OCH3 is 2. The van der Waals surface area contributed by atoms with E-state index in [1.807, 2.05) is 13.8 Å². The Kier molecular flexibility index (Phi) is 5.78. The Morgan fingerprint density at radius 2 is 1.95 bits per heavy atom. The highest BCUT2D eigenvalue weighted by Crippen LogP contribution is 2.28. The smallest absolute Gasteiger partial charge is 0.240 e. The average molecular weight is 287 g/mol. The molecular weight excluding hydrogens is 266 g/mol. The topological polar surface area (TPSA) is 64.6 Å². The summed E-state index contributed by atoms with van der Waals surface area (Å²) in [6, 6.07) is 4.87. The molecule has 1 aromatic carbocycles. The Hall–Kier alpha value is -1.11. The van der Waals surface area contributed by atoms with E-state index in [9.17, 15) is 8.42 Å². The van der Waals surface area contributed by atoms with Gasteiger partial charge in [-0.25, -0.2) is 13.1 Å². The van der Waals surface area contributed by atoms with Crippen LogP contribution in [0.1, 0.15) is 25.3 Å². The largest absolute Gasteiger partial charge is 0.496 e. The minimum absolute atomic E-state index is 0.184. The lowest BCUT2D eigenvalue weighted by Crippen LogP contribution is -2.27. The van der Waals surface area contributed by atoms with E-state index in [0.29, 0.717) is 12.4 Å². The number of benzene rings is 1. The first kappa shape index (κ1) is 15.9. The van der Waals surface area contributed by atoms with E-state index in [4.69, 9.17) is 9.47 Å². The molecule has 0 unspecified atom stereocenters. The van der Waals surface area contributed by atoms with Crippen LogP contribution < -0.4 is 9.46 Å². The maximum absolute atomic E-state index is 12.1. The van der Waals surface area contributed by atoms with Crippen LogP contribution in [-0.4, -0.2) is 35.8 Å². The Bertz CT molecular complexity index is 511. The minimum atomic E-state index is -3.50. The molecule has 5 nitrogen and oxygen atoms in total. The first-order chi connectivity index (χ1) is 8.92. The predicted molar refractivity (Wildman–Crippen MR) is 74.1 cm³/mol. The third-order valence-electron chi connectivity index (χ3n) is 2.73. The van der Waals surface area contributed by atoms with Crippen LogP contribution in [-0.2, 0) is 14.8 Å². The molecule has 0 fully saturated rings. The Labute approximate surface area is 115 Å². The van der Waals surface area contributed by atoms with Crippen LogP contribution >= 0.6 is 0 Å². The van der Waals surface area contributed by atoms with Crippen LogP contribution in [0.25, 0.3) is 0 Å². The van der Waals surface area contributed by atoms with Crippen LogP contribution in [0.2, 0.25) is 0 Å². The molecule has 0 saturated carbocycles. The lowest BCUT2D eigenvalue weighted by molar-refractivity contribution is 0.204. The third-order valence-corrected chi connectivity index (χ3v) is 4.19. The maximum Gasteiger partial charge on any atom is 0.240 e. The van der Waals surface area contributed by atoms with Gasteiger partial charge in [0.15, 0.2) is 0 Å². The summed E-state index contributed by atoms with van der Waals surface area (Å²) in [6.07, 6.45) is 0. The fraction of sp³-hybridized carbons (Fsp3) is 0.538. The highest BCUT2D eigenvalue weighted by Gasteiger charge is 2.17. The zero-order valence-electron chi connectivity index (χ0n) is 11.8. The van der Waals surface area contributed by atoms with Crippen molar-refractivity contribution in [3.05, 3.63) is 23.8 Å². The monoisotopic (exact) mass is 287 g/mol. The lowest BCUT2D eigenvalue weighted by atomic mass is 10.0. The van der Waals surface area contributed by atoms with Crippen molar-refractivity contribution in [2.24, 2.45) is 0 Å². The molecule has 1 rings (SSSR count). The number of sulfonamides is 1. The zero-order valence-corrected chi connectivity index (χ0v) is 12.6. The summed E-state index contributed by atoms with van der Waals surface area (Å²) in [4.78, 5) is 0.244. The van der Waals surface area contributed by atoms with Gasteiger partial charge in [-0.3, -0.25) is 0 Å². The highest BCUT2D eigenvalue weighted by molar-refractivity contribution is 7.89. The van der Waals surface area contributed by atoms with Gasteiger partial charge in [0.2, 0.25) is 10.0 Å². The summed E-state index contributed by atoms with van der Waals surface area (Å²) in [5, 5.41) is 0. The molecule has 19 heavy (non-hydrogen) atoms. The van der Waals surface area contributed by atoms with Crippen molar-refractivity contribution in [3.8, 4) is 5.75 Å². The SMILES string of the molecule is COCCNS(=O)(=O)c1ccc(OC)c(C(C)C)c1. The van der Waals surface area contributed by atoms with Crippen molar-refractivity contribution >= 4 is 10.0 Å². The second-order valence-electron chi connectivity index (χ2n) is 4.45. The van der Waals surface area contributed by atoms with E-state index in [1.54, 1.807) is 25.3 Å². The molecule has 1 N–H and O–H groups in total. The molecule has 0 aromatic heterocycles. The van der Waals surface area contributed by atoms with Crippen molar-refractivity contribution in [2.75, 3.05) is 27.4 Å². The standard InChI is InChI=1S/C13H21NO4S/c1-10(2)12-9-11(5-6-13(12)18-4)19(15,16)14-7-8-17-3/h5-6,9-10,14H,7-8H2,1-4H3. The van der Waals surface area contributed by atoms with E-state index in [-0.39, 0.29) is 17.4 Å². The van der Waals surface area contributed by atoms with Gasteiger partial charge in [0, 0.05) is 13.7 Å². The van der Waals surface area contributed by atoms with Crippen molar-refractivity contribution in [1.82, 2.24) is 4.72 Å². The summed E-state index contributed by atoms with van der Waals surface area (Å²) in [5.41, 5.74) is 0.872. The zero-order chi connectivity index (χ0) is 14.5.